The molecule has 0 unspecified atom stereocenters. The molecular weight excluding hydrogens is 278 g/mol. The van der Waals surface area contributed by atoms with Crippen molar-refractivity contribution in [2.24, 2.45) is 0 Å². The summed E-state index contributed by atoms with van der Waals surface area (Å²) in [5, 5.41) is 1.21. The Bertz CT molecular complexity index is 917. The van der Waals surface area contributed by atoms with E-state index in [1.54, 1.807) is 23.1 Å². The van der Waals surface area contributed by atoms with Crippen LogP contribution in [0.3, 0.4) is 0 Å². The zero-order valence-electron chi connectivity index (χ0n) is 11.8. The van der Waals surface area contributed by atoms with Gasteiger partial charge >= 0.3 is 5.63 Å². The van der Waals surface area contributed by atoms with Crippen molar-refractivity contribution in [3.05, 3.63) is 81.9 Å². The Labute approximate surface area is 126 Å². The molecule has 2 heterocycles. The fraction of sp³-hybridized carbons (Fsp3) is 0.111. The number of carbonyl (C=O) groups is 1. The summed E-state index contributed by atoms with van der Waals surface area (Å²) < 4.78 is 5.22. The minimum atomic E-state index is -0.474. The molecule has 1 amide bonds. The number of hydrogen-bond acceptors (Lipinski definition) is 3. The van der Waals surface area contributed by atoms with Crippen molar-refractivity contribution < 1.29 is 9.21 Å². The number of nitrogens with zero attached hydrogens (tertiary/aromatic N) is 1. The van der Waals surface area contributed by atoms with E-state index in [4.69, 9.17) is 4.42 Å². The van der Waals surface area contributed by atoms with Gasteiger partial charge in [0.2, 0.25) is 0 Å². The average molecular weight is 291 g/mol. The van der Waals surface area contributed by atoms with Crippen LogP contribution in [0.15, 0.2) is 63.8 Å². The summed E-state index contributed by atoms with van der Waals surface area (Å²) in [4.78, 5) is 26.3. The van der Waals surface area contributed by atoms with Crippen LogP contribution in [0.2, 0.25) is 0 Å². The van der Waals surface area contributed by atoms with Crippen LogP contribution in [0.25, 0.3) is 10.8 Å². The van der Waals surface area contributed by atoms with Crippen molar-refractivity contribution in [3.63, 3.8) is 0 Å². The van der Waals surface area contributed by atoms with Gasteiger partial charge in [-0.2, -0.15) is 0 Å². The van der Waals surface area contributed by atoms with Crippen LogP contribution in [0.5, 0.6) is 0 Å². The first-order valence-electron chi connectivity index (χ1n) is 7.11. The minimum absolute atomic E-state index is 0.0940. The number of benzene rings is 2. The van der Waals surface area contributed by atoms with E-state index in [-0.39, 0.29) is 11.7 Å². The van der Waals surface area contributed by atoms with Gasteiger partial charge in [-0.25, -0.2) is 4.79 Å². The van der Waals surface area contributed by atoms with Gasteiger partial charge in [-0.3, -0.25) is 4.79 Å². The van der Waals surface area contributed by atoms with Crippen LogP contribution < -0.4 is 5.63 Å². The van der Waals surface area contributed by atoms with Gasteiger partial charge in [0, 0.05) is 13.1 Å². The fourth-order valence-corrected chi connectivity index (χ4v) is 2.87. The average Bonchev–Trinajstić information content (AvgIpc) is 2.98. The van der Waals surface area contributed by atoms with Gasteiger partial charge in [-0.05, 0) is 28.6 Å². The molecule has 1 aliphatic rings. The second-order valence-corrected chi connectivity index (χ2v) is 5.42. The summed E-state index contributed by atoms with van der Waals surface area (Å²) >= 11 is 0. The molecular formula is C18H13NO3. The monoisotopic (exact) mass is 291 g/mol. The van der Waals surface area contributed by atoms with E-state index in [1.807, 2.05) is 36.4 Å². The lowest BCUT2D eigenvalue weighted by Crippen LogP contribution is -2.26. The zero-order chi connectivity index (χ0) is 15.1. The molecule has 3 aromatic rings. The molecule has 0 N–H and O–H groups in total. The van der Waals surface area contributed by atoms with Gasteiger partial charge in [0.05, 0.1) is 5.39 Å². The summed E-state index contributed by atoms with van der Waals surface area (Å²) in [7, 11) is 0. The second kappa shape index (κ2) is 4.84. The van der Waals surface area contributed by atoms with Crippen LogP contribution in [0, 0.1) is 0 Å². The Balaban J connectivity index is 1.71. The third-order valence-electron chi connectivity index (χ3n) is 4.01. The lowest BCUT2D eigenvalue weighted by atomic mass is 10.1. The lowest BCUT2D eigenvalue weighted by molar-refractivity contribution is 0.0715. The molecule has 0 saturated carbocycles. The Morgan fingerprint density at radius 1 is 0.955 bits per heavy atom. The van der Waals surface area contributed by atoms with Crippen LogP contribution in [-0.2, 0) is 13.1 Å². The molecule has 4 rings (SSSR count). The third-order valence-corrected chi connectivity index (χ3v) is 4.01. The highest BCUT2D eigenvalue weighted by atomic mass is 16.4. The molecule has 1 aliphatic heterocycles. The lowest BCUT2D eigenvalue weighted by Gasteiger charge is -2.14. The third kappa shape index (κ3) is 2.00. The molecule has 0 atom stereocenters. The largest absolute Gasteiger partial charge is 0.417 e. The smallest absolute Gasteiger partial charge is 0.344 e. The van der Waals surface area contributed by atoms with Crippen molar-refractivity contribution in [1.29, 1.82) is 0 Å². The Hall–Kier alpha value is -2.88. The van der Waals surface area contributed by atoms with Gasteiger partial charge < -0.3 is 9.32 Å². The molecule has 0 bridgehead atoms. The van der Waals surface area contributed by atoms with Crippen LogP contribution in [0.4, 0.5) is 0 Å². The molecule has 2 aromatic carbocycles. The fourth-order valence-electron chi connectivity index (χ4n) is 2.87. The van der Waals surface area contributed by atoms with Crippen molar-refractivity contribution >= 4 is 16.7 Å². The number of fused-ring (bicyclic) bond motifs is 2. The minimum Gasteiger partial charge on any atom is -0.417 e. The summed E-state index contributed by atoms with van der Waals surface area (Å²) in [6.45, 7) is 1.09. The van der Waals surface area contributed by atoms with Crippen molar-refractivity contribution in [3.8, 4) is 0 Å². The van der Waals surface area contributed by atoms with Crippen molar-refractivity contribution in [2.45, 2.75) is 13.1 Å². The number of hydrogen-bond donors (Lipinski definition) is 0. The maximum absolute atomic E-state index is 12.6. The first-order valence-corrected chi connectivity index (χ1v) is 7.11. The summed E-state index contributed by atoms with van der Waals surface area (Å²) in [6, 6.07) is 16.7. The summed E-state index contributed by atoms with van der Waals surface area (Å²) in [6.07, 6.45) is 0. The summed E-state index contributed by atoms with van der Waals surface area (Å²) in [5.41, 5.74) is 1.80. The first kappa shape index (κ1) is 12.8. The summed E-state index contributed by atoms with van der Waals surface area (Å²) in [5.74, 6) is -0.157. The molecule has 0 saturated heterocycles. The van der Waals surface area contributed by atoms with Crippen LogP contribution in [0.1, 0.15) is 21.7 Å². The van der Waals surface area contributed by atoms with Crippen LogP contribution >= 0.6 is 0 Å². The van der Waals surface area contributed by atoms with Gasteiger partial charge in [0.1, 0.15) is 0 Å². The molecule has 4 heteroatoms. The standard InChI is InChI=1S/C18H13NO3/c20-17(19-10-13-6-1-2-7-14(13)11-19)16-9-12-5-3-4-8-15(12)18(21)22-16/h1-9H,10-11H2. The highest BCUT2D eigenvalue weighted by Crippen LogP contribution is 2.24. The highest BCUT2D eigenvalue weighted by molar-refractivity contribution is 5.95. The molecule has 0 radical (unpaired) electrons. The van der Waals surface area contributed by atoms with Crippen LogP contribution in [-0.4, -0.2) is 10.8 Å². The molecule has 0 aliphatic carbocycles. The number of carbonyl (C=O) groups excluding carboxylic acids is 1. The molecule has 22 heavy (non-hydrogen) atoms. The molecule has 1 aromatic heterocycles. The van der Waals surface area contributed by atoms with Gasteiger partial charge in [0.25, 0.3) is 5.91 Å². The maximum Gasteiger partial charge on any atom is 0.344 e. The maximum atomic E-state index is 12.6. The van der Waals surface area contributed by atoms with Gasteiger partial charge in [-0.1, -0.05) is 42.5 Å². The second-order valence-electron chi connectivity index (χ2n) is 5.42. The Kier molecular flexibility index (Phi) is 2.82. The zero-order valence-corrected chi connectivity index (χ0v) is 11.8. The number of rotatable bonds is 1. The SMILES string of the molecule is O=C(c1cc2ccccc2c(=O)o1)N1Cc2ccccc2C1. The van der Waals surface area contributed by atoms with E-state index in [2.05, 4.69) is 0 Å². The first-order chi connectivity index (χ1) is 10.7. The predicted octanol–water partition coefficient (Wildman–Crippen LogP) is 2.95. The molecule has 0 fully saturated rings. The van der Waals surface area contributed by atoms with E-state index in [1.165, 1.54) is 0 Å². The van der Waals surface area contributed by atoms with E-state index in [9.17, 15) is 9.59 Å². The quantitative estimate of drug-likeness (QED) is 0.692. The molecule has 108 valence electrons. The van der Waals surface area contributed by atoms with E-state index in [0.717, 1.165) is 16.5 Å². The van der Waals surface area contributed by atoms with E-state index < -0.39 is 5.63 Å². The topological polar surface area (TPSA) is 50.5 Å². The molecule has 0 spiro atoms. The number of amides is 1. The van der Waals surface area contributed by atoms with E-state index >= 15 is 0 Å². The van der Waals surface area contributed by atoms with Gasteiger partial charge in [-0.15, -0.1) is 0 Å². The Morgan fingerprint density at radius 2 is 1.59 bits per heavy atom. The van der Waals surface area contributed by atoms with E-state index in [0.29, 0.717) is 18.5 Å². The normalized spacial score (nSPS) is 13.4. The molecule has 4 nitrogen and oxygen atoms in total. The van der Waals surface area contributed by atoms with Gasteiger partial charge in [0.15, 0.2) is 5.76 Å². The Morgan fingerprint density at radius 3 is 2.32 bits per heavy atom. The van der Waals surface area contributed by atoms with Crippen molar-refractivity contribution in [1.82, 2.24) is 4.90 Å². The predicted molar refractivity (Wildman–Crippen MR) is 82.5 cm³/mol. The van der Waals surface area contributed by atoms with Crippen molar-refractivity contribution in [2.75, 3.05) is 0 Å². The highest BCUT2D eigenvalue weighted by Gasteiger charge is 2.25.